The van der Waals surface area contributed by atoms with Crippen LogP contribution in [0.4, 0.5) is 11.4 Å². The molecule has 0 aliphatic carbocycles. The van der Waals surface area contributed by atoms with Crippen LogP contribution in [0.3, 0.4) is 0 Å². The molecule has 5 heteroatoms. The molecule has 0 fully saturated rings. The van der Waals surface area contributed by atoms with Gasteiger partial charge < -0.3 is 10.6 Å². The number of nitrogens with one attached hydrogen (secondary N) is 2. The third-order valence-electron chi connectivity index (χ3n) is 4.57. The van der Waals surface area contributed by atoms with Crippen LogP contribution in [0, 0.1) is 23.7 Å². The Hall–Kier alpha value is -3.13. The van der Waals surface area contributed by atoms with E-state index in [1.165, 1.54) is 0 Å². The molecule has 0 bridgehead atoms. The molecule has 0 saturated carbocycles. The summed E-state index contributed by atoms with van der Waals surface area (Å²) in [5.41, 5.74) is 2.52. The minimum absolute atomic E-state index is 0.246. The van der Waals surface area contributed by atoms with Crippen molar-refractivity contribution >= 4 is 23.2 Å². The van der Waals surface area contributed by atoms with E-state index in [9.17, 15) is 9.59 Å². The molecule has 2 aromatic carbocycles. The second-order valence-electron chi connectivity index (χ2n) is 7.42. The SMILES string of the molecule is Cc1cccc(C(C)C)c1NC(=O)C(C)(C)C(=O)Nc1ccc(C#N)cc1. The molecule has 140 valence electrons. The molecule has 2 amide bonds. The second-order valence-corrected chi connectivity index (χ2v) is 7.42. The molecule has 0 aliphatic rings. The number of rotatable bonds is 5. The number of para-hydroxylation sites is 1. The first-order valence-electron chi connectivity index (χ1n) is 8.89. The second kappa shape index (κ2) is 8.05. The summed E-state index contributed by atoms with van der Waals surface area (Å²) in [6.07, 6.45) is 0. The molecule has 2 rings (SSSR count). The van der Waals surface area contributed by atoms with Crippen molar-refractivity contribution in [2.45, 2.75) is 40.5 Å². The maximum atomic E-state index is 12.9. The highest BCUT2D eigenvalue weighted by atomic mass is 16.2. The number of nitrogens with zero attached hydrogens (tertiary/aromatic N) is 1. The van der Waals surface area contributed by atoms with E-state index in [1.807, 2.05) is 31.2 Å². The average Bonchev–Trinajstić information content (AvgIpc) is 2.63. The Labute approximate surface area is 160 Å². The first-order valence-corrected chi connectivity index (χ1v) is 8.89. The fourth-order valence-corrected chi connectivity index (χ4v) is 2.63. The van der Waals surface area contributed by atoms with Gasteiger partial charge in [0.25, 0.3) is 0 Å². The van der Waals surface area contributed by atoms with Gasteiger partial charge in [-0.15, -0.1) is 0 Å². The van der Waals surface area contributed by atoms with Gasteiger partial charge in [0.2, 0.25) is 11.8 Å². The van der Waals surface area contributed by atoms with Crippen LogP contribution in [-0.2, 0) is 9.59 Å². The number of anilines is 2. The molecule has 0 aromatic heterocycles. The van der Waals surface area contributed by atoms with Gasteiger partial charge in [-0.3, -0.25) is 9.59 Å². The molecule has 27 heavy (non-hydrogen) atoms. The summed E-state index contributed by atoms with van der Waals surface area (Å²) >= 11 is 0. The van der Waals surface area contributed by atoms with Gasteiger partial charge in [-0.1, -0.05) is 32.0 Å². The predicted octanol–water partition coefficient (Wildman–Crippen LogP) is 4.59. The lowest BCUT2D eigenvalue weighted by Gasteiger charge is -2.25. The number of benzene rings is 2. The molecule has 0 radical (unpaired) electrons. The van der Waals surface area contributed by atoms with Gasteiger partial charge in [-0.05, 0) is 62.1 Å². The zero-order chi connectivity index (χ0) is 20.2. The monoisotopic (exact) mass is 363 g/mol. The van der Waals surface area contributed by atoms with Crippen LogP contribution in [-0.4, -0.2) is 11.8 Å². The van der Waals surface area contributed by atoms with E-state index in [2.05, 4.69) is 24.5 Å². The lowest BCUT2D eigenvalue weighted by atomic mass is 9.90. The van der Waals surface area contributed by atoms with Crippen molar-refractivity contribution in [2.24, 2.45) is 5.41 Å². The Bertz CT molecular complexity index is 891. The molecular weight excluding hydrogens is 338 g/mol. The number of hydrogen-bond acceptors (Lipinski definition) is 3. The quantitative estimate of drug-likeness (QED) is 0.762. The van der Waals surface area contributed by atoms with Crippen molar-refractivity contribution in [3.8, 4) is 6.07 Å². The van der Waals surface area contributed by atoms with Crippen molar-refractivity contribution in [1.82, 2.24) is 0 Å². The van der Waals surface area contributed by atoms with Crippen LogP contribution in [0.15, 0.2) is 42.5 Å². The molecule has 0 unspecified atom stereocenters. The van der Waals surface area contributed by atoms with Crippen LogP contribution < -0.4 is 10.6 Å². The van der Waals surface area contributed by atoms with Crippen molar-refractivity contribution in [3.05, 3.63) is 59.2 Å². The third kappa shape index (κ3) is 4.53. The zero-order valence-electron chi connectivity index (χ0n) is 16.4. The highest BCUT2D eigenvalue weighted by molar-refractivity contribution is 6.14. The minimum atomic E-state index is -1.27. The van der Waals surface area contributed by atoms with Crippen LogP contribution in [0.25, 0.3) is 0 Å². The maximum Gasteiger partial charge on any atom is 0.239 e. The van der Waals surface area contributed by atoms with Crippen LogP contribution >= 0.6 is 0 Å². The molecule has 0 spiro atoms. The van der Waals surface area contributed by atoms with Gasteiger partial charge in [-0.2, -0.15) is 5.26 Å². The topological polar surface area (TPSA) is 82.0 Å². The van der Waals surface area contributed by atoms with Gasteiger partial charge >= 0.3 is 0 Å². The Morgan fingerprint density at radius 1 is 1.00 bits per heavy atom. The summed E-state index contributed by atoms with van der Waals surface area (Å²) < 4.78 is 0. The summed E-state index contributed by atoms with van der Waals surface area (Å²) in [6.45, 7) is 9.24. The van der Waals surface area contributed by atoms with Gasteiger partial charge in [0.05, 0.1) is 11.6 Å². The normalized spacial score (nSPS) is 11.0. The summed E-state index contributed by atoms with van der Waals surface area (Å²) in [7, 11) is 0. The highest BCUT2D eigenvalue weighted by Crippen LogP contribution is 2.29. The van der Waals surface area contributed by atoms with Crippen LogP contribution in [0.5, 0.6) is 0 Å². The van der Waals surface area contributed by atoms with E-state index in [4.69, 9.17) is 5.26 Å². The third-order valence-corrected chi connectivity index (χ3v) is 4.57. The first kappa shape index (κ1) is 20.2. The Morgan fingerprint density at radius 2 is 1.59 bits per heavy atom. The van der Waals surface area contributed by atoms with Gasteiger partial charge in [0.15, 0.2) is 0 Å². The summed E-state index contributed by atoms with van der Waals surface area (Å²) in [5, 5.41) is 14.5. The zero-order valence-corrected chi connectivity index (χ0v) is 16.4. The first-order chi connectivity index (χ1) is 12.7. The highest BCUT2D eigenvalue weighted by Gasteiger charge is 2.36. The van der Waals surface area contributed by atoms with E-state index >= 15 is 0 Å². The van der Waals surface area contributed by atoms with Gasteiger partial charge in [0.1, 0.15) is 5.41 Å². The predicted molar refractivity (Wildman–Crippen MR) is 107 cm³/mol. The molecular formula is C22H25N3O2. The largest absolute Gasteiger partial charge is 0.325 e. The smallest absolute Gasteiger partial charge is 0.239 e. The van der Waals surface area contributed by atoms with Gasteiger partial charge in [-0.25, -0.2) is 0 Å². The summed E-state index contributed by atoms with van der Waals surface area (Å²) in [5.74, 6) is -0.537. The Morgan fingerprint density at radius 3 is 2.15 bits per heavy atom. The van der Waals surface area contributed by atoms with Crippen molar-refractivity contribution in [3.63, 3.8) is 0 Å². The van der Waals surface area contributed by atoms with Crippen molar-refractivity contribution in [2.75, 3.05) is 10.6 Å². The molecule has 0 saturated heterocycles. The lowest BCUT2D eigenvalue weighted by molar-refractivity contribution is -0.135. The van der Waals surface area contributed by atoms with Crippen LogP contribution in [0.2, 0.25) is 0 Å². The molecule has 0 heterocycles. The summed E-state index contributed by atoms with van der Waals surface area (Å²) in [6, 6.07) is 14.4. The van der Waals surface area contributed by atoms with E-state index in [1.54, 1.807) is 38.1 Å². The summed E-state index contributed by atoms with van der Waals surface area (Å²) in [4.78, 5) is 25.6. The standard InChI is InChI=1S/C22H25N3O2/c1-14(2)18-8-6-7-15(3)19(18)25-21(27)22(4,5)20(26)24-17-11-9-16(13-23)10-12-17/h6-12,14H,1-5H3,(H,24,26)(H,25,27). The van der Waals surface area contributed by atoms with E-state index in [-0.39, 0.29) is 11.8 Å². The van der Waals surface area contributed by atoms with Gasteiger partial charge in [0, 0.05) is 11.4 Å². The van der Waals surface area contributed by atoms with E-state index < -0.39 is 11.3 Å². The number of hydrogen-bond donors (Lipinski definition) is 2. The number of amides is 2. The Kier molecular flexibility index (Phi) is 6.02. The fraction of sp³-hybridized carbons (Fsp3) is 0.318. The fourth-order valence-electron chi connectivity index (χ4n) is 2.63. The molecule has 0 atom stereocenters. The molecule has 2 aromatic rings. The number of carbonyl (C=O) groups excluding carboxylic acids is 2. The number of carbonyl (C=O) groups is 2. The number of aryl methyl sites for hydroxylation is 1. The molecule has 2 N–H and O–H groups in total. The lowest BCUT2D eigenvalue weighted by Crippen LogP contribution is -2.41. The molecule has 0 aliphatic heterocycles. The minimum Gasteiger partial charge on any atom is -0.325 e. The van der Waals surface area contributed by atoms with Crippen LogP contribution in [0.1, 0.15) is 50.3 Å². The van der Waals surface area contributed by atoms with Crippen molar-refractivity contribution in [1.29, 1.82) is 5.26 Å². The Balaban J connectivity index is 2.19. The van der Waals surface area contributed by atoms with Crippen molar-refractivity contribution < 1.29 is 9.59 Å². The number of nitriles is 1. The van der Waals surface area contributed by atoms with E-state index in [0.717, 1.165) is 16.8 Å². The average molecular weight is 363 g/mol. The maximum absolute atomic E-state index is 12.9. The van der Waals surface area contributed by atoms with E-state index in [0.29, 0.717) is 11.3 Å². The molecule has 5 nitrogen and oxygen atoms in total.